The Morgan fingerprint density at radius 1 is 1.25 bits per heavy atom. The van der Waals surface area contributed by atoms with Crippen molar-refractivity contribution in [2.45, 2.75) is 24.9 Å². The molecule has 1 aliphatic rings. The van der Waals surface area contributed by atoms with Gasteiger partial charge in [0.2, 0.25) is 0 Å². The Morgan fingerprint density at radius 3 is 2.56 bits per heavy atom. The molecule has 0 saturated carbocycles. The summed E-state index contributed by atoms with van der Waals surface area (Å²) in [7, 11) is 0. The first-order valence-corrected chi connectivity index (χ1v) is 5.12. The molecule has 0 aromatic heterocycles. The summed E-state index contributed by atoms with van der Waals surface area (Å²) < 4.78 is 37.9. The maximum absolute atomic E-state index is 12.6. The zero-order valence-corrected chi connectivity index (χ0v) is 8.50. The van der Waals surface area contributed by atoms with Crippen LogP contribution in [0.15, 0.2) is 24.3 Å². The fourth-order valence-corrected chi connectivity index (χ4v) is 2.24. The van der Waals surface area contributed by atoms with Crippen LogP contribution in [0.25, 0.3) is 0 Å². The van der Waals surface area contributed by atoms with Gasteiger partial charge >= 0.3 is 6.18 Å². The summed E-state index contributed by atoms with van der Waals surface area (Å²) in [5, 5.41) is 0. The number of halogens is 3. The Hall–Kier alpha value is -1.32. The minimum Gasteiger partial charge on any atom is -0.303 e. The number of carbonyl (C=O) groups is 1. The highest BCUT2D eigenvalue weighted by atomic mass is 19.4. The minimum absolute atomic E-state index is 0.00991. The normalized spacial score (nSPS) is 24.9. The molecule has 1 nitrogen and oxygen atoms in total. The van der Waals surface area contributed by atoms with Gasteiger partial charge in [0.25, 0.3) is 0 Å². The van der Waals surface area contributed by atoms with Gasteiger partial charge in [-0.25, -0.2) is 0 Å². The van der Waals surface area contributed by atoms with Crippen molar-refractivity contribution in [3.8, 4) is 0 Å². The molecule has 0 radical (unpaired) electrons. The highest BCUT2D eigenvalue weighted by molar-refractivity contribution is 5.64. The van der Waals surface area contributed by atoms with Crippen LogP contribution in [0.3, 0.4) is 0 Å². The highest BCUT2D eigenvalue weighted by Gasteiger charge is 2.43. The molecule has 86 valence electrons. The quantitative estimate of drug-likeness (QED) is 0.675. The third-order valence-electron chi connectivity index (χ3n) is 3.09. The lowest BCUT2D eigenvalue weighted by Crippen LogP contribution is -2.31. The summed E-state index contributed by atoms with van der Waals surface area (Å²) in [4.78, 5) is 10.8. The van der Waals surface area contributed by atoms with Gasteiger partial charge in [-0.2, -0.15) is 13.2 Å². The van der Waals surface area contributed by atoms with E-state index in [0.29, 0.717) is 11.8 Å². The lowest BCUT2D eigenvalue weighted by molar-refractivity contribution is -0.178. The zero-order valence-electron chi connectivity index (χ0n) is 8.50. The summed E-state index contributed by atoms with van der Waals surface area (Å²) in [6, 6.07) is 6.87. The van der Waals surface area contributed by atoms with E-state index in [9.17, 15) is 18.0 Å². The van der Waals surface area contributed by atoms with E-state index in [2.05, 4.69) is 0 Å². The van der Waals surface area contributed by atoms with Crippen LogP contribution in [0.5, 0.6) is 0 Å². The number of fused-ring (bicyclic) bond motifs is 1. The third-order valence-corrected chi connectivity index (χ3v) is 3.09. The molecule has 2 unspecified atom stereocenters. The molecule has 0 amide bonds. The van der Waals surface area contributed by atoms with Crippen molar-refractivity contribution in [3.63, 3.8) is 0 Å². The molecule has 0 N–H and O–H groups in total. The van der Waals surface area contributed by atoms with Crippen LogP contribution in [0.4, 0.5) is 13.2 Å². The average Bonchev–Trinajstić information content (AvgIpc) is 2.26. The number of benzene rings is 1. The van der Waals surface area contributed by atoms with Crippen molar-refractivity contribution in [3.05, 3.63) is 35.4 Å². The molecular weight excluding hydrogens is 217 g/mol. The number of hydrogen-bond donors (Lipinski definition) is 0. The number of hydrogen-bond acceptors (Lipinski definition) is 1. The molecular formula is C12H11F3O. The van der Waals surface area contributed by atoms with Gasteiger partial charge in [0.1, 0.15) is 6.29 Å². The number of carbonyl (C=O) groups excluding carboxylic acids is 1. The van der Waals surface area contributed by atoms with Crippen LogP contribution in [-0.2, 0) is 11.2 Å². The van der Waals surface area contributed by atoms with E-state index in [1.165, 1.54) is 0 Å². The van der Waals surface area contributed by atoms with Gasteiger partial charge in [-0.05, 0) is 24.0 Å². The number of aldehydes is 1. The molecule has 1 aromatic carbocycles. The van der Waals surface area contributed by atoms with Crippen molar-refractivity contribution >= 4 is 6.29 Å². The largest absolute Gasteiger partial charge is 0.392 e. The van der Waals surface area contributed by atoms with Gasteiger partial charge in [-0.3, -0.25) is 0 Å². The SMILES string of the molecule is O=CC1CC(C(F)(F)F)Cc2ccccc21. The Morgan fingerprint density at radius 2 is 1.94 bits per heavy atom. The van der Waals surface area contributed by atoms with Crippen molar-refractivity contribution in [2.24, 2.45) is 5.92 Å². The van der Waals surface area contributed by atoms with Gasteiger partial charge in [0.15, 0.2) is 0 Å². The summed E-state index contributed by atoms with van der Waals surface area (Å²) >= 11 is 0. The van der Waals surface area contributed by atoms with Crippen LogP contribution in [0, 0.1) is 5.92 Å². The van der Waals surface area contributed by atoms with Crippen molar-refractivity contribution in [1.82, 2.24) is 0 Å². The van der Waals surface area contributed by atoms with Crippen LogP contribution >= 0.6 is 0 Å². The molecule has 16 heavy (non-hydrogen) atoms. The first kappa shape index (κ1) is 11.2. The van der Waals surface area contributed by atoms with E-state index in [1.54, 1.807) is 24.3 Å². The maximum Gasteiger partial charge on any atom is 0.392 e. The molecule has 0 spiro atoms. The molecule has 1 aliphatic carbocycles. The Kier molecular flexibility index (Phi) is 2.74. The lowest BCUT2D eigenvalue weighted by Gasteiger charge is -2.30. The average molecular weight is 228 g/mol. The van der Waals surface area contributed by atoms with Gasteiger partial charge in [-0.1, -0.05) is 24.3 Å². The van der Waals surface area contributed by atoms with E-state index in [0.717, 1.165) is 5.56 Å². The van der Waals surface area contributed by atoms with Crippen LogP contribution in [0.2, 0.25) is 0 Å². The fourth-order valence-electron chi connectivity index (χ4n) is 2.24. The monoisotopic (exact) mass is 228 g/mol. The molecule has 0 saturated heterocycles. The topological polar surface area (TPSA) is 17.1 Å². The van der Waals surface area contributed by atoms with Crippen LogP contribution in [-0.4, -0.2) is 12.5 Å². The second kappa shape index (κ2) is 3.92. The second-order valence-corrected chi connectivity index (χ2v) is 4.12. The van der Waals surface area contributed by atoms with Crippen LogP contribution in [0.1, 0.15) is 23.5 Å². The smallest absolute Gasteiger partial charge is 0.303 e. The molecule has 2 rings (SSSR count). The fraction of sp³-hybridized carbons (Fsp3) is 0.417. The van der Waals surface area contributed by atoms with Crippen molar-refractivity contribution < 1.29 is 18.0 Å². The highest BCUT2D eigenvalue weighted by Crippen LogP contribution is 2.41. The predicted molar refractivity (Wildman–Crippen MR) is 53.1 cm³/mol. The van der Waals surface area contributed by atoms with Crippen molar-refractivity contribution in [1.29, 1.82) is 0 Å². The number of alkyl halides is 3. The summed E-state index contributed by atoms with van der Waals surface area (Å²) in [5.74, 6) is -2.01. The summed E-state index contributed by atoms with van der Waals surface area (Å²) in [5.41, 5.74) is 1.39. The minimum atomic E-state index is -4.21. The third kappa shape index (κ3) is 1.96. The molecule has 2 atom stereocenters. The standard InChI is InChI=1S/C12H11F3O/c13-12(14,15)10-5-8-3-1-2-4-11(8)9(6-10)7-16/h1-4,7,9-10H,5-6H2. The van der Waals surface area contributed by atoms with E-state index < -0.39 is 18.0 Å². The van der Waals surface area contributed by atoms with E-state index >= 15 is 0 Å². The molecule has 0 fully saturated rings. The van der Waals surface area contributed by atoms with Gasteiger partial charge in [-0.15, -0.1) is 0 Å². The summed E-state index contributed by atoms with van der Waals surface area (Å²) in [6.45, 7) is 0. The maximum atomic E-state index is 12.6. The van der Waals surface area contributed by atoms with Gasteiger partial charge in [0.05, 0.1) is 5.92 Å². The molecule has 0 bridgehead atoms. The molecule has 4 heteroatoms. The van der Waals surface area contributed by atoms with Gasteiger partial charge in [0, 0.05) is 5.92 Å². The van der Waals surface area contributed by atoms with E-state index in [-0.39, 0.29) is 12.8 Å². The Balaban J connectivity index is 2.36. The van der Waals surface area contributed by atoms with E-state index in [4.69, 9.17) is 0 Å². The molecule has 0 aliphatic heterocycles. The number of rotatable bonds is 1. The van der Waals surface area contributed by atoms with Crippen molar-refractivity contribution in [2.75, 3.05) is 0 Å². The van der Waals surface area contributed by atoms with Gasteiger partial charge < -0.3 is 4.79 Å². The first-order chi connectivity index (χ1) is 7.52. The lowest BCUT2D eigenvalue weighted by atomic mass is 9.77. The van der Waals surface area contributed by atoms with E-state index in [1.807, 2.05) is 0 Å². The molecule has 0 heterocycles. The Bertz CT molecular complexity index is 397. The molecule has 1 aromatic rings. The zero-order chi connectivity index (χ0) is 11.8. The first-order valence-electron chi connectivity index (χ1n) is 5.12. The summed E-state index contributed by atoms with van der Waals surface area (Å²) in [6.07, 6.45) is -3.72. The predicted octanol–water partition coefficient (Wildman–Crippen LogP) is 3.09. The Labute approximate surface area is 91.3 Å². The van der Waals surface area contributed by atoms with Crippen LogP contribution < -0.4 is 0 Å². The second-order valence-electron chi connectivity index (χ2n) is 4.12.